The Labute approximate surface area is 392 Å². The summed E-state index contributed by atoms with van der Waals surface area (Å²) in [5.74, 6) is 1.44. The lowest BCUT2D eigenvalue weighted by molar-refractivity contribution is -0.0907. The van der Waals surface area contributed by atoms with Crippen molar-refractivity contribution in [1.82, 2.24) is 24.7 Å². The molecule has 0 radical (unpaired) electrons. The molecule has 2 saturated heterocycles. The predicted octanol–water partition coefficient (Wildman–Crippen LogP) is 6.26. The Kier molecular flexibility index (Phi) is 22.0. The van der Waals surface area contributed by atoms with Gasteiger partial charge in [-0.3, -0.25) is 4.79 Å². The molecule has 4 amide bonds. The third-order valence-electron chi connectivity index (χ3n) is 11.9. The van der Waals surface area contributed by atoms with Crippen molar-refractivity contribution in [1.29, 1.82) is 0 Å². The van der Waals surface area contributed by atoms with Gasteiger partial charge < -0.3 is 55.0 Å². The molecule has 0 unspecified atom stereocenters. The number of carbonyl (C=O) groups is 3. The molecular weight excluding hydrogens is 880 g/mol. The van der Waals surface area contributed by atoms with Crippen LogP contribution in [0.4, 0.5) is 14.4 Å². The van der Waals surface area contributed by atoms with Gasteiger partial charge in [0.25, 0.3) is 0 Å². The van der Waals surface area contributed by atoms with Crippen LogP contribution in [0.15, 0.2) is 53.4 Å². The van der Waals surface area contributed by atoms with Gasteiger partial charge in [-0.2, -0.15) is 4.31 Å². The molecule has 19 heteroatoms. The number of aliphatic hydroxyl groups excluding tert-OH is 1. The van der Waals surface area contributed by atoms with E-state index in [0.717, 1.165) is 37.8 Å². The van der Waals surface area contributed by atoms with E-state index in [1.807, 2.05) is 44.2 Å². The highest BCUT2D eigenvalue weighted by Crippen LogP contribution is 2.36. The van der Waals surface area contributed by atoms with E-state index in [1.165, 1.54) is 21.3 Å². The van der Waals surface area contributed by atoms with Gasteiger partial charge in [-0.15, -0.1) is 0 Å². The van der Waals surface area contributed by atoms with Gasteiger partial charge in [0, 0.05) is 53.9 Å². The second-order valence-corrected chi connectivity index (χ2v) is 21.1. The molecule has 17 nitrogen and oxygen atoms in total. The molecule has 5 N–H and O–H groups in total. The Morgan fingerprint density at radius 2 is 1.62 bits per heavy atom. The van der Waals surface area contributed by atoms with Crippen LogP contribution < -0.4 is 25.8 Å². The number of aliphatic hydroxyl groups is 1. The lowest BCUT2D eigenvalue weighted by Gasteiger charge is -2.35. The first kappa shape index (κ1) is 55.4. The monoisotopic (exact) mass is 954 g/mol. The van der Waals surface area contributed by atoms with Gasteiger partial charge in [-0.1, -0.05) is 71.9 Å². The van der Waals surface area contributed by atoms with E-state index in [0.29, 0.717) is 42.4 Å². The molecule has 0 spiro atoms. The molecule has 5 rings (SSSR count). The van der Waals surface area contributed by atoms with Crippen LogP contribution in [-0.4, -0.2) is 144 Å². The maximum Gasteiger partial charge on any atom is 0.407 e. The number of alkyl carbamates (subject to hydrolysis) is 1. The average Bonchev–Trinajstić information content (AvgIpc) is 4.01. The van der Waals surface area contributed by atoms with Gasteiger partial charge in [0.05, 0.1) is 36.2 Å². The standard InChI is InChI=1S/C31H43N3O9S.C12H26N2O.C3H6ClNO/c1-31(2,12-6-13-32)19-34(44(37,38)22-9-10-26-27(16-22)42-20-41-26)17-25(35)24(15-21-7-4-3-5-8-21)33-30(36)43-28-18-40-29-23(28)11-14-39-29;1-10(2)12(3,4)8-7-9-13-11(15)14(5)6;1-5(2)3(4)6/h3-5,7-10,16,23-25,28-29,35H,6,11-15,17-20,32H2,1-2H3,(H,33,36);10H,7-9H2,1-6H3,(H,13,15);1-2H3/t23-,24-,25+,28-,29+;;/m0../s1. The van der Waals surface area contributed by atoms with E-state index in [1.54, 1.807) is 39.2 Å². The van der Waals surface area contributed by atoms with Crippen LogP contribution in [0.2, 0.25) is 0 Å². The van der Waals surface area contributed by atoms with Crippen molar-refractivity contribution in [3.8, 4) is 11.5 Å². The summed E-state index contributed by atoms with van der Waals surface area (Å²) in [6, 6.07) is 13.0. The van der Waals surface area contributed by atoms with Crippen molar-refractivity contribution in [2.75, 3.05) is 74.4 Å². The number of benzene rings is 2. The van der Waals surface area contributed by atoms with Gasteiger partial charge in [0.2, 0.25) is 16.8 Å². The summed E-state index contributed by atoms with van der Waals surface area (Å²) in [6.45, 7) is 14.9. The van der Waals surface area contributed by atoms with Crippen LogP contribution >= 0.6 is 11.6 Å². The molecule has 3 aliphatic heterocycles. The summed E-state index contributed by atoms with van der Waals surface area (Å²) in [6.07, 6.45) is 1.74. The molecule has 5 atom stereocenters. The van der Waals surface area contributed by atoms with Crippen molar-refractivity contribution in [3.05, 3.63) is 54.1 Å². The summed E-state index contributed by atoms with van der Waals surface area (Å²) < 4.78 is 57.1. The molecular formula is C46H75ClN6O11S. The Morgan fingerprint density at radius 1 is 0.954 bits per heavy atom. The fraction of sp³-hybridized carbons (Fsp3) is 0.674. The normalized spacial score (nSPS) is 18.7. The lowest BCUT2D eigenvalue weighted by Crippen LogP contribution is -2.52. The number of ether oxygens (including phenoxy) is 5. The predicted molar refractivity (Wildman–Crippen MR) is 250 cm³/mol. The number of hydrogen-bond donors (Lipinski definition) is 4. The maximum absolute atomic E-state index is 14.1. The summed E-state index contributed by atoms with van der Waals surface area (Å²) in [7, 11) is 2.59. The third-order valence-corrected chi connectivity index (χ3v) is 14.1. The number of fused-ring (bicyclic) bond motifs is 2. The zero-order chi connectivity index (χ0) is 48.5. The summed E-state index contributed by atoms with van der Waals surface area (Å²) in [5, 5.41) is 16.9. The number of hydrogen-bond acceptors (Lipinski definition) is 12. The largest absolute Gasteiger partial charge is 0.454 e. The Bertz CT molecular complexity index is 1900. The average molecular weight is 956 g/mol. The van der Waals surface area contributed by atoms with Crippen LogP contribution in [0.25, 0.3) is 0 Å². The quantitative estimate of drug-likeness (QED) is 0.0699. The highest BCUT2D eigenvalue weighted by atomic mass is 35.5. The smallest absolute Gasteiger partial charge is 0.407 e. The van der Waals surface area contributed by atoms with E-state index in [-0.39, 0.29) is 56.0 Å². The highest BCUT2D eigenvalue weighted by Gasteiger charge is 2.44. The third kappa shape index (κ3) is 18.0. The van der Waals surface area contributed by atoms with Crippen LogP contribution in [0.3, 0.4) is 0 Å². The fourth-order valence-electron chi connectivity index (χ4n) is 7.11. The van der Waals surface area contributed by atoms with Crippen molar-refractivity contribution in [2.45, 2.75) is 110 Å². The molecule has 0 aromatic heterocycles. The molecule has 3 aliphatic rings. The molecule has 2 aromatic rings. The number of sulfonamides is 1. The minimum Gasteiger partial charge on any atom is -0.454 e. The van der Waals surface area contributed by atoms with Crippen LogP contribution in [0.5, 0.6) is 11.5 Å². The minimum atomic E-state index is -4.11. The first-order valence-electron chi connectivity index (χ1n) is 22.3. The maximum atomic E-state index is 14.1. The van der Waals surface area contributed by atoms with E-state index in [9.17, 15) is 27.9 Å². The topological polar surface area (TPSA) is 212 Å². The van der Waals surface area contributed by atoms with Crippen molar-refractivity contribution >= 4 is 39.1 Å². The Morgan fingerprint density at radius 3 is 2.23 bits per heavy atom. The van der Waals surface area contributed by atoms with Crippen LogP contribution in [0, 0.1) is 22.7 Å². The molecule has 2 aromatic carbocycles. The highest BCUT2D eigenvalue weighted by molar-refractivity contribution is 7.89. The molecule has 2 fully saturated rings. The summed E-state index contributed by atoms with van der Waals surface area (Å²) >= 11 is 4.90. The van der Waals surface area contributed by atoms with Crippen molar-refractivity contribution in [3.63, 3.8) is 0 Å². The molecule has 3 heterocycles. The van der Waals surface area contributed by atoms with Crippen molar-refractivity contribution < 1.29 is 51.6 Å². The van der Waals surface area contributed by atoms with E-state index in [2.05, 4.69) is 38.3 Å². The molecule has 0 saturated carbocycles. The summed E-state index contributed by atoms with van der Waals surface area (Å²) in [4.78, 5) is 37.1. The van der Waals surface area contributed by atoms with Gasteiger partial charge in [0.1, 0.15) is 6.10 Å². The van der Waals surface area contributed by atoms with E-state index in [4.69, 9.17) is 41.0 Å². The number of amides is 4. The Balaban J connectivity index is 0.000000444. The molecule has 65 heavy (non-hydrogen) atoms. The number of urea groups is 1. The number of halogens is 1. The van der Waals surface area contributed by atoms with E-state index < -0.39 is 45.1 Å². The first-order valence-corrected chi connectivity index (χ1v) is 24.1. The van der Waals surface area contributed by atoms with Crippen LogP contribution in [0.1, 0.15) is 79.2 Å². The lowest BCUT2D eigenvalue weighted by atomic mass is 9.77. The zero-order valence-electron chi connectivity index (χ0n) is 40.0. The van der Waals surface area contributed by atoms with E-state index >= 15 is 0 Å². The second-order valence-electron chi connectivity index (χ2n) is 18.9. The molecule has 0 aliphatic carbocycles. The fourth-order valence-corrected chi connectivity index (χ4v) is 8.78. The van der Waals surface area contributed by atoms with Crippen LogP contribution in [-0.2, 0) is 30.7 Å². The Hall–Kier alpha value is -3.91. The number of carbonyl (C=O) groups excluding carboxylic acids is 3. The minimum absolute atomic E-state index is 0.00245. The molecule has 368 valence electrons. The van der Waals surface area contributed by atoms with Crippen molar-refractivity contribution in [2.24, 2.45) is 28.4 Å². The first-order chi connectivity index (χ1) is 30.5. The van der Waals surface area contributed by atoms with Gasteiger partial charge in [0.15, 0.2) is 17.8 Å². The number of nitrogens with one attached hydrogen (secondary N) is 2. The van der Waals surface area contributed by atoms with Gasteiger partial charge >= 0.3 is 17.5 Å². The SMILES string of the molecule is CC(C)(CCCN)CN(C[C@@H](O)[C@H](Cc1ccccc1)NC(=O)O[C@H]1CO[C@H]2OCC[C@H]21)S(=O)(=O)c1ccc2c(c1)OCO2.CC(C)C(C)(C)CCCNC(=O)N(C)C.CN(C)C(=O)Cl. The van der Waals surface area contributed by atoms with Gasteiger partial charge in [-0.25, -0.2) is 18.0 Å². The molecule has 0 bridgehead atoms. The zero-order valence-corrected chi connectivity index (χ0v) is 41.6. The number of nitrogens with zero attached hydrogens (tertiary/aromatic N) is 3. The number of nitrogens with two attached hydrogens (primary N) is 1. The second kappa shape index (κ2) is 25.9. The summed E-state index contributed by atoms with van der Waals surface area (Å²) in [5.41, 5.74) is 6.53. The number of rotatable bonds is 19. The van der Waals surface area contributed by atoms with Gasteiger partial charge in [-0.05, 0) is 91.1 Å².